The van der Waals surface area contributed by atoms with Crippen LogP contribution in [0.4, 0.5) is 17.1 Å². The fraction of sp³-hybridized carbons (Fsp3) is 0.102. The molecular formula is C49H37NO. The summed E-state index contributed by atoms with van der Waals surface area (Å²) in [4.78, 5) is 2.45. The number of rotatable bonds is 5. The monoisotopic (exact) mass is 655 g/mol. The van der Waals surface area contributed by atoms with E-state index in [1.807, 2.05) is 0 Å². The number of nitrogens with zero attached hydrogens (tertiary/aromatic N) is 1. The zero-order valence-corrected chi connectivity index (χ0v) is 28.9. The average molecular weight is 656 g/mol. The minimum Gasteiger partial charge on any atom is -0.455 e. The van der Waals surface area contributed by atoms with Crippen LogP contribution >= 0.6 is 0 Å². The van der Waals surface area contributed by atoms with E-state index in [4.69, 9.17) is 4.42 Å². The first kappa shape index (κ1) is 29.8. The highest BCUT2D eigenvalue weighted by Gasteiger charge is 2.42. The fourth-order valence-electron chi connectivity index (χ4n) is 8.72. The molecule has 0 aliphatic heterocycles. The molecule has 244 valence electrons. The summed E-state index contributed by atoms with van der Waals surface area (Å²) in [6.45, 7) is 4.75. The van der Waals surface area contributed by atoms with Crippen LogP contribution < -0.4 is 4.90 Å². The Morgan fingerprint density at radius 3 is 1.94 bits per heavy atom. The third kappa shape index (κ3) is 4.56. The van der Waals surface area contributed by atoms with Crippen molar-refractivity contribution in [3.05, 3.63) is 181 Å². The maximum atomic E-state index is 6.92. The van der Waals surface area contributed by atoms with Crippen LogP contribution in [0.25, 0.3) is 60.5 Å². The molecular weight excluding hydrogens is 619 g/mol. The number of anilines is 3. The topological polar surface area (TPSA) is 16.4 Å². The Morgan fingerprint density at radius 1 is 0.569 bits per heavy atom. The third-order valence-corrected chi connectivity index (χ3v) is 11.1. The Bertz CT molecular complexity index is 2690. The van der Waals surface area contributed by atoms with Gasteiger partial charge in [0.15, 0.2) is 0 Å². The molecule has 10 rings (SSSR count). The molecule has 0 radical (unpaired) electrons. The van der Waals surface area contributed by atoms with E-state index in [2.05, 4.69) is 183 Å². The van der Waals surface area contributed by atoms with Crippen LogP contribution in [0.3, 0.4) is 0 Å². The molecule has 0 saturated carbocycles. The summed E-state index contributed by atoms with van der Waals surface area (Å²) >= 11 is 0. The summed E-state index contributed by atoms with van der Waals surface area (Å²) in [6.07, 6.45) is 8.84. The molecule has 0 bridgehead atoms. The molecule has 8 aromatic rings. The van der Waals surface area contributed by atoms with Gasteiger partial charge < -0.3 is 9.32 Å². The van der Waals surface area contributed by atoms with Gasteiger partial charge in [0.2, 0.25) is 0 Å². The minimum atomic E-state index is -0.249. The highest BCUT2D eigenvalue weighted by Crippen LogP contribution is 2.59. The Kier molecular flexibility index (Phi) is 6.69. The van der Waals surface area contributed by atoms with E-state index in [1.54, 1.807) is 0 Å². The molecule has 2 aliphatic carbocycles. The summed E-state index contributed by atoms with van der Waals surface area (Å²) in [5, 5.41) is 4.88. The Morgan fingerprint density at radius 2 is 1.22 bits per heavy atom. The van der Waals surface area contributed by atoms with Gasteiger partial charge in [-0.3, -0.25) is 0 Å². The van der Waals surface area contributed by atoms with E-state index in [1.165, 1.54) is 60.7 Å². The van der Waals surface area contributed by atoms with Crippen molar-refractivity contribution in [3.63, 3.8) is 0 Å². The van der Waals surface area contributed by atoms with Crippen LogP contribution in [0.5, 0.6) is 0 Å². The van der Waals surface area contributed by atoms with E-state index >= 15 is 0 Å². The van der Waals surface area contributed by atoms with Gasteiger partial charge in [-0.15, -0.1) is 0 Å². The molecule has 1 aromatic heterocycles. The van der Waals surface area contributed by atoms with Crippen LogP contribution in [0.15, 0.2) is 168 Å². The summed E-state index contributed by atoms with van der Waals surface area (Å²) < 4.78 is 6.92. The maximum Gasteiger partial charge on any atom is 0.144 e. The number of para-hydroxylation sites is 1. The van der Waals surface area contributed by atoms with Gasteiger partial charge in [-0.05, 0) is 93.4 Å². The van der Waals surface area contributed by atoms with Gasteiger partial charge in [-0.1, -0.05) is 141 Å². The predicted molar refractivity (Wildman–Crippen MR) is 215 cm³/mol. The van der Waals surface area contributed by atoms with Crippen molar-refractivity contribution in [1.29, 1.82) is 0 Å². The highest BCUT2D eigenvalue weighted by atomic mass is 16.3. The van der Waals surface area contributed by atoms with Crippen molar-refractivity contribution in [1.82, 2.24) is 0 Å². The Labute approximate surface area is 298 Å². The summed E-state index contributed by atoms with van der Waals surface area (Å²) in [5.74, 6) is 0. The molecule has 7 aromatic carbocycles. The SMILES string of the molecule is CC1(C)c2cccc(N(c3ccc(C4=CC=CCC4)cc3)c3ccc(-c4ccccc4)cc3)c2-c2c1c1ccccc1c1c2oc2ccccc21. The van der Waals surface area contributed by atoms with E-state index < -0.39 is 0 Å². The van der Waals surface area contributed by atoms with Crippen molar-refractivity contribution in [2.45, 2.75) is 32.1 Å². The standard InChI is InChI=1S/C49H37NO/c1-49(2)41-21-13-22-42(45(41)46-47(49)39-19-10-9-18-38(39)44-40-20-11-12-23-43(40)51-48(44)46)50(36-28-24-34(25-29-36)32-14-5-3-6-15-32)37-30-26-35(27-31-37)33-16-7-4-8-17-33/h3-7,9-16,18-31H,8,17H2,1-2H3. The lowest BCUT2D eigenvalue weighted by Gasteiger charge is -2.29. The van der Waals surface area contributed by atoms with Gasteiger partial charge in [-0.2, -0.15) is 0 Å². The zero-order valence-electron chi connectivity index (χ0n) is 28.9. The van der Waals surface area contributed by atoms with Gasteiger partial charge in [0, 0.05) is 38.7 Å². The second-order valence-corrected chi connectivity index (χ2v) is 14.4. The average Bonchev–Trinajstić information content (AvgIpc) is 3.70. The predicted octanol–water partition coefficient (Wildman–Crippen LogP) is 13.9. The fourth-order valence-corrected chi connectivity index (χ4v) is 8.72. The van der Waals surface area contributed by atoms with Gasteiger partial charge in [-0.25, -0.2) is 0 Å². The molecule has 2 nitrogen and oxygen atoms in total. The molecule has 2 heteroatoms. The van der Waals surface area contributed by atoms with Crippen molar-refractivity contribution >= 4 is 55.3 Å². The Balaban J connectivity index is 1.25. The molecule has 0 atom stereocenters. The lowest BCUT2D eigenvalue weighted by Crippen LogP contribution is -2.16. The van der Waals surface area contributed by atoms with Gasteiger partial charge in [0.05, 0.1) is 5.69 Å². The van der Waals surface area contributed by atoms with E-state index in [-0.39, 0.29) is 5.41 Å². The Hall–Kier alpha value is -6.12. The quantitative estimate of drug-likeness (QED) is 0.183. The van der Waals surface area contributed by atoms with Crippen LogP contribution in [0.2, 0.25) is 0 Å². The minimum absolute atomic E-state index is 0.249. The lowest BCUT2D eigenvalue weighted by atomic mass is 9.79. The van der Waals surface area contributed by atoms with Crippen LogP contribution in [0.1, 0.15) is 43.4 Å². The van der Waals surface area contributed by atoms with Crippen molar-refractivity contribution < 1.29 is 4.42 Å². The lowest BCUT2D eigenvalue weighted by molar-refractivity contribution is 0.657. The normalized spacial score (nSPS) is 14.5. The van der Waals surface area contributed by atoms with Gasteiger partial charge in [0.25, 0.3) is 0 Å². The second kappa shape index (κ2) is 11.5. The number of allylic oxidation sites excluding steroid dienone is 4. The number of hydrogen-bond donors (Lipinski definition) is 0. The van der Waals surface area contributed by atoms with Crippen LogP contribution in [0, 0.1) is 0 Å². The largest absolute Gasteiger partial charge is 0.455 e. The van der Waals surface area contributed by atoms with E-state index in [0.717, 1.165) is 46.5 Å². The van der Waals surface area contributed by atoms with E-state index in [9.17, 15) is 0 Å². The maximum absolute atomic E-state index is 6.92. The van der Waals surface area contributed by atoms with Crippen molar-refractivity contribution in [2.75, 3.05) is 4.90 Å². The molecule has 0 amide bonds. The van der Waals surface area contributed by atoms with Crippen LogP contribution in [-0.4, -0.2) is 0 Å². The highest BCUT2D eigenvalue weighted by molar-refractivity contribution is 6.26. The number of fused-ring (bicyclic) bond motifs is 10. The van der Waals surface area contributed by atoms with Crippen molar-refractivity contribution in [3.8, 4) is 22.3 Å². The molecule has 1 heterocycles. The summed E-state index contributed by atoms with van der Waals surface area (Å²) in [5.41, 5.74) is 15.2. The first-order valence-corrected chi connectivity index (χ1v) is 18.0. The van der Waals surface area contributed by atoms with Gasteiger partial charge >= 0.3 is 0 Å². The molecule has 0 fully saturated rings. The molecule has 0 N–H and O–H groups in total. The molecule has 51 heavy (non-hydrogen) atoms. The first-order chi connectivity index (χ1) is 25.1. The number of benzene rings is 7. The second-order valence-electron chi connectivity index (χ2n) is 14.4. The third-order valence-electron chi connectivity index (χ3n) is 11.1. The summed E-state index contributed by atoms with van der Waals surface area (Å²) in [6, 6.07) is 53.0. The zero-order chi connectivity index (χ0) is 34.1. The van der Waals surface area contributed by atoms with Crippen LogP contribution in [-0.2, 0) is 5.41 Å². The molecule has 0 unspecified atom stereocenters. The smallest absolute Gasteiger partial charge is 0.144 e. The molecule has 0 spiro atoms. The molecule has 2 aliphatic rings. The van der Waals surface area contributed by atoms with Gasteiger partial charge in [0.1, 0.15) is 11.2 Å². The number of hydrogen-bond acceptors (Lipinski definition) is 2. The van der Waals surface area contributed by atoms with Crippen molar-refractivity contribution in [2.24, 2.45) is 0 Å². The molecule has 0 saturated heterocycles. The first-order valence-electron chi connectivity index (χ1n) is 18.0. The van der Waals surface area contributed by atoms with E-state index in [0.29, 0.717) is 0 Å². The summed E-state index contributed by atoms with van der Waals surface area (Å²) in [7, 11) is 0. The number of furan rings is 1.